The standard InChI is InChI=1S/C26H34FN5O3/c1-19(2)26(34)31(12-11-30-13-15-35-16-14-30)18-25(33)32-24(20-6-8-21(27)9-7-20)17-22(28-32)23-5-4-10-29(23)3/h4-10,19,24H,11-18H2,1-3H3/t24-/m1/s1. The van der Waals surface area contributed by atoms with Crippen LogP contribution in [0.25, 0.3) is 0 Å². The van der Waals surface area contributed by atoms with Gasteiger partial charge in [-0.25, -0.2) is 9.40 Å². The van der Waals surface area contributed by atoms with Crippen LogP contribution in [0.2, 0.25) is 0 Å². The summed E-state index contributed by atoms with van der Waals surface area (Å²) in [5, 5.41) is 6.18. The molecule has 9 heteroatoms. The van der Waals surface area contributed by atoms with Crippen molar-refractivity contribution in [1.29, 1.82) is 0 Å². The van der Waals surface area contributed by atoms with E-state index in [1.165, 1.54) is 17.1 Å². The summed E-state index contributed by atoms with van der Waals surface area (Å²) in [6.45, 7) is 7.79. The van der Waals surface area contributed by atoms with Crippen LogP contribution in [0.1, 0.15) is 37.6 Å². The van der Waals surface area contributed by atoms with Gasteiger partial charge in [0, 0.05) is 51.8 Å². The van der Waals surface area contributed by atoms with Gasteiger partial charge in [-0.2, -0.15) is 5.10 Å². The quantitative estimate of drug-likeness (QED) is 0.579. The second kappa shape index (κ2) is 11.1. The van der Waals surface area contributed by atoms with Gasteiger partial charge >= 0.3 is 0 Å². The van der Waals surface area contributed by atoms with E-state index in [0.717, 1.165) is 30.1 Å². The molecule has 1 aromatic carbocycles. The topological polar surface area (TPSA) is 70.4 Å². The smallest absolute Gasteiger partial charge is 0.262 e. The number of rotatable bonds is 8. The summed E-state index contributed by atoms with van der Waals surface area (Å²) in [4.78, 5) is 30.5. The van der Waals surface area contributed by atoms with Crippen LogP contribution in [0.3, 0.4) is 0 Å². The predicted octanol–water partition coefficient (Wildman–Crippen LogP) is 2.66. The molecule has 0 bridgehead atoms. The molecule has 188 valence electrons. The largest absolute Gasteiger partial charge is 0.379 e. The molecule has 2 aliphatic heterocycles. The fraction of sp³-hybridized carbons (Fsp3) is 0.500. The first-order valence-electron chi connectivity index (χ1n) is 12.2. The molecule has 1 atom stereocenters. The molecular formula is C26H34FN5O3. The van der Waals surface area contributed by atoms with Gasteiger partial charge in [-0.05, 0) is 29.8 Å². The van der Waals surface area contributed by atoms with E-state index < -0.39 is 0 Å². The highest BCUT2D eigenvalue weighted by Crippen LogP contribution is 2.33. The number of aryl methyl sites for hydroxylation is 1. The Balaban J connectivity index is 1.55. The summed E-state index contributed by atoms with van der Waals surface area (Å²) < 4.78 is 21.0. The molecule has 0 spiro atoms. The van der Waals surface area contributed by atoms with Crippen LogP contribution in [-0.2, 0) is 21.4 Å². The lowest BCUT2D eigenvalue weighted by atomic mass is 10.0. The number of aromatic nitrogens is 1. The molecule has 2 aromatic rings. The Labute approximate surface area is 205 Å². The van der Waals surface area contributed by atoms with Gasteiger partial charge in [-0.15, -0.1) is 0 Å². The van der Waals surface area contributed by atoms with Crippen molar-refractivity contribution in [2.45, 2.75) is 26.3 Å². The maximum absolute atomic E-state index is 13.6. The third kappa shape index (κ3) is 5.97. The second-order valence-corrected chi connectivity index (χ2v) is 9.43. The molecule has 1 fully saturated rings. The molecule has 0 unspecified atom stereocenters. The SMILES string of the molecule is CC(C)C(=O)N(CCN1CCOCC1)CC(=O)N1N=C(c2cccn2C)C[C@@H]1c1ccc(F)cc1. The third-order valence-corrected chi connectivity index (χ3v) is 6.58. The molecule has 1 saturated heterocycles. The van der Waals surface area contributed by atoms with Gasteiger partial charge in [-0.1, -0.05) is 26.0 Å². The van der Waals surface area contributed by atoms with Crippen LogP contribution in [0, 0.1) is 11.7 Å². The Hall–Kier alpha value is -3.04. The Morgan fingerprint density at radius 1 is 1.17 bits per heavy atom. The Bertz CT molecular complexity index is 1060. The number of amides is 2. The van der Waals surface area contributed by atoms with Crippen molar-refractivity contribution in [3.63, 3.8) is 0 Å². The maximum Gasteiger partial charge on any atom is 0.262 e. The third-order valence-electron chi connectivity index (χ3n) is 6.58. The number of hydrogen-bond acceptors (Lipinski definition) is 5. The number of carbonyl (C=O) groups is 2. The van der Waals surface area contributed by atoms with Gasteiger partial charge < -0.3 is 14.2 Å². The second-order valence-electron chi connectivity index (χ2n) is 9.43. The zero-order valence-corrected chi connectivity index (χ0v) is 20.7. The van der Waals surface area contributed by atoms with E-state index in [9.17, 15) is 14.0 Å². The minimum atomic E-state index is -0.358. The molecule has 35 heavy (non-hydrogen) atoms. The van der Waals surface area contributed by atoms with Crippen molar-refractivity contribution in [3.05, 3.63) is 59.7 Å². The number of nitrogens with zero attached hydrogens (tertiary/aromatic N) is 5. The highest BCUT2D eigenvalue weighted by molar-refractivity contribution is 6.02. The summed E-state index contributed by atoms with van der Waals surface area (Å²) in [6.07, 6.45) is 2.45. The Morgan fingerprint density at radius 2 is 1.89 bits per heavy atom. The first kappa shape index (κ1) is 25.1. The summed E-state index contributed by atoms with van der Waals surface area (Å²) in [5.74, 6) is -0.860. The maximum atomic E-state index is 13.6. The van der Waals surface area contributed by atoms with E-state index in [1.54, 1.807) is 17.0 Å². The number of carbonyl (C=O) groups excluding carboxylic acids is 2. The molecule has 0 aliphatic carbocycles. The number of morpholine rings is 1. The minimum Gasteiger partial charge on any atom is -0.379 e. The summed E-state index contributed by atoms with van der Waals surface area (Å²) in [6, 6.07) is 9.72. The van der Waals surface area contributed by atoms with Gasteiger partial charge in [0.05, 0.1) is 30.7 Å². The van der Waals surface area contributed by atoms with Gasteiger partial charge in [0.15, 0.2) is 0 Å². The Morgan fingerprint density at radius 3 is 2.51 bits per heavy atom. The van der Waals surface area contributed by atoms with Crippen LogP contribution in [0.4, 0.5) is 4.39 Å². The van der Waals surface area contributed by atoms with Gasteiger partial charge in [0.25, 0.3) is 5.91 Å². The lowest BCUT2D eigenvalue weighted by Gasteiger charge is -2.31. The first-order chi connectivity index (χ1) is 16.8. The molecule has 2 amide bonds. The van der Waals surface area contributed by atoms with Gasteiger partial charge in [0.1, 0.15) is 12.4 Å². The fourth-order valence-electron chi connectivity index (χ4n) is 4.56. The summed E-state index contributed by atoms with van der Waals surface area (Å²) >= 11 is 0. The van der Waals surface area contributed by atoms with Crippen molar-refractivity contribution in [2.75, 3.05) is 45.9 Å². The molecule has 0 radical (unpaired) electrons. The molecular weight excluding hydrogens is 449 g/mol. The molecule has 1 aromatic heterocycles. The number of benzene rings is 1. The van der Waals surface area contributed by atoms with Crippen molar-refractivity contribution in [1.82, 2.24) is 19.4 Å². The average Bonchev–Trinajstić information content (AvgIpc) is 3.48. The van der Waals surface area contributed by atoms with E-state index in [1.807, 2.05) is 43.8 Å². The zero-order valence-electron chi connectivity index (χ0n) is 20.7. The molecule has 0 saturated carbocycles. The molecule has 4 rings (SSSR count). The number of ether oxygens (including phenoxy) is 1. The summed E-state index contributed by atoms with van der Waals surface area (Å²) in [7, 11) is 1.93. The number of hydrogen-bond donors (Lipinski definition) is 0. The monoisotopic (exact) mass is 483 g/mol. The normalized spacial score (nSPS) is 18.7. The first-order valence-corrected chi connectivity index (χ1v) is 12.2. The van der Waals surface area contributed by atoms with Crippen LogP contribution < -0.4 is 0 Å². The highest BCUT2D eigenvalue weighted by atomic mass is 19.1. The fourth-order valence-corrected chi connectivity index (χ4v) is 4.56. The van der Waals surface area contributed by atoms with E-state index in [2.05, 4.69) is 4.90 Å². The van der Waals surface area contributed by atoms with Crippen molar-refractivity contribution < 1.29 is 18.7 Å². The highest BCUT2D eigenvalue weighted by Gasteiger charge is 2.35. The van der Waals surface area contributed by atoms with Crippen LogP contribution in [-0.4, -0.2) is 82.8 Å². The molecule has 8 nitrogen and oxygen atoms in total. The zero-order chi connectivity index (χ0) is 24.9. The van der Waals surface area contributed by atoms with E-state index in [4.69, 9.17) is 9.84 Å². The van der Waals surface area contributed by atoms with E-state index in [0.29, 0.717) is 32.7 Å². The number of hydrazone groups is 1. The minimum absolute atomic E-state index is 0.0526. The molecule has 2 aliphatic rings. The van der Waals surface area contributed by atoms with Crippen LogP contribution in [0.5, 0.6) is 0 Å². The van der Waals surface area contributed by atoms with Crippen LogP contribution in [0.15, 0.2) is 47.7 Å². The van der Waals surface area contributed by atoms with Crippen molar-refractivity contribution >= 4 is 17.5 Å². The van der Waals surface area contributed by atoms with Crippen molar-refractivity contribution in [2.24, 2.45) is 18.1 Å². The van der Waals surface area contributed by atoms with Gasteiger partial charge in [0.2, 0.25) is 5.91 Å². The average molecular weight is 484 g/mol. The lowest BCUT2D eigenvalue weighted by molar-refractivity contribution is -0.143. The lowest BCUT2D eigenvalue weighted by Crippen LogP contribution is -2.47. The van der Waals surface area contributed by atoms with E-state index in [-0.39, 0.29) is 36.1 Å². The van der Waals surface area contributed by atoms with Gasteiger partial charge in [-0.3, -0.25) is 14.5 Å². The molecule has 3 heterocycles. The Kier molecular flexibility index (Phi) is 7.97. The number of halogens is 1. The van der Waals surface area contributed by atoms with Crippen molar-refractivity contribution in [3.8, 4) is 0 Å². The van der Waals surface area contributed by atoms with Crippen LogP contribution >= 0.6 is 0 Å². The summed E-state index contributed by atoms with van der Waals surface area (Å²) in [5.41, 5.74) is 2.52. The predicted molar refractivity (Wildman–Crippen MR) is 131 cm³/mol. The van der Waals surface area contributed by atoms with E-state index >= 15 is 0 Å². The molecule has 0 N–H and O–H groups in total.